The molecular formula is C20H30O5. The van der Waals surface area contributed by atoms with Crippen LogP contribution in [-0.4, -0.2) is 28.8 Å². The van der Waals surface area contributed by atoms with Gasteiger partial charge in [0.2, 0.25) is 0 Å². The number of carbonyl (C=O) groups is 2. The van der Waals surface area contributed by atoms with Gasteiger partial charge < -0.3 is 14.9 Å². The molecule has 25 heavy (non-hydrogen) atoms. The van der Waals surface area contributed by atoms with E-state index in [0.29, 0.717) is 36.3 Å². The molecule has 140 valence electrons. The number of hydrogen-bond acceptors (Lipinski definition) is 3. The monoisotopic (exact) mass is 350 g/mol. The molecule has 0 spiro atoms. The van der Waals surface area contributed by atoms with Crippen molar-refractivity contribution in [2.24, 2.45) is 11.8 Å². The third-order valence-electron chi connectivity index (χ3n) is 4.13. The molecule has 5 heteroatoms. The summed E-state index contributed by atoms with van der Waals surface area (Å²) < 4.78 is 5.52. The SMILES string of the molecule is CCOc1ccc(C(CC(C)C)C(=O)O)c(C(CC(C)C)C(=O)O)c1. The molecule has 0 bridgehead atoms. The fourth-order valence-corrected chi connectivity index (χ4v) is 3.09. The third-order valence-corrected chi connectivity index (χ3v) is 4.13. The molecular weight excluding hydrogens is 320 g/mol. The highest BCUT2D eigenvalue weighted by Crippen LogP contribution is 2.36. The highest BCUT2D eigenvalue weighted by molar-refractivity contribution is 5.81. The molecule has 1 rings (SSSR count). The van der Waals surface area contributed by atoms with Crippen molar-refractivity contribution in [1.82, 2.24) is 0 Å². The molecule has 0 saturated heterocycles. The van der Waals surface area contributed by atoms with E-state index in [1.165, 1.54) is 0 Å². The first-order chi connectivity index (χ1) is 11.7. The minimum Gasteiger partial charge on any atom is -0.494 e. The Kier molecular flexibility index (Phi) is 7.94. The van der Waals surface area contributed by atoms with E-state index in [1.807, 2.05) is 34.6 Å². The zero-order valence-corrected chi connectivity index (χ0v) is 15.8. The van der Waals surface area contributed by atoms with Crippen molar-refractivity contribution in [3.05, 3.63) is 29.3 Å². The summed E-state index contributed by atoms with van der Waals surface area (Å²) in [5.74, 6) is -2.38. The summed E-state index contributed by atoms with van der Waals surface area (Å²) in [5.41, 5.74) is 1.14. The van der Waals surface area contributed by atoms with Gasteiger partial charge in [-0.2, -0.15) is 0 Å². The Morgan fingerprint density at radius 1 is 0.920 bits per heavy atom. The van der Waals surface area contributed by atoms with Crippen LogP contribution in [0.25, 0.3) is 0 Å². The average Bonchev–Trinajstić information content (AvgIpc) is 2.50. The lowest BCUT2D eigenvalue weighted by Gasteiger charge is -2.24. The number of benzene rings is 1. The number of hydrogen-bond donors (Lipinski definition) is 2. The van der Waals surface area contributed by atoms with Crippen LogP contribution in [0.2, 0.25) is 0 Å². The fraction of sp³-hybridized carbons (Fsp3) is 0.600. The molecule has 1 aromatic rings. The zero-order chi connectivity index (χ0) is 19.1. The Morgan fingerprint density at radius 3 is 1.80 bits per heavy atom. The lowest BCUT2D eigenvalue weighted by atomic mass is 9.81. The summed E-state index contributed by atoms with van der Waals surface area (Å²) in [6.45, 7) is 10.2. The molecule has 2 unspecified atom stereocenters. The summed E-state index contributed by atoms with van der Waals surface area (Å²) in [5, 5.41) is 19.4. The van der Waals surface area contributed by atoms with Crippen LogP contribution in [0.5, 0.6) is 5.75 Å². The van der Waals surface area contributed by atoms with Crippen LogP contribution in [0.15, 0.2) is 18.2 Å². The van der Waals surface area contributed by atoms with E-state index in [2.05, 4.69) is 0 Å². The quantitative estimate of drug-likeness (QED) is 0.648. The van der Waals surface area contributed by atoms with Crippen molar-refractivity contribution in [2.75, 3.05) is 6.61 Å². The maximum Gasteiger partial charge on any atom is 0.310 e. The second-order valence-electron chi connectivity index (χ2n) is 7.26. The van der Waals surface area contributed by atoms with Crippen LogP contribution >= 0.6 is 0 Å². The number of carboxylic acid groups (broad SMARTS) is 2. The van der Waals surface area contributed by atoms with Crippen LogP contribution in [0, 0.1) is 11.8 Å². The van der Waals surface area contributed by atoms with Gasteiger partial charge in [-0.3, -0.25) is 9.59 Å². The topological polar surface area (TPSA) is 83.8 Å². The van der Waals surface area contributed by atoms with Gasteiger partial charge in [-0.15, -0.1) is 0 Å². The molecule has 0 aliphatic heterocycles. The summed E-state index contributed by atoms with van der Waals surface area (Å²) >= 11 is 0. The Labute approximate surface area is 150 Å². The molecule has 0 radical (unpaired) electrons. The van der Waals surface area contributed by atoms with Crippen molar-refractivity contribution in [2.45, 2.75) is 59.3 Å². The van der Waals surface area contributed by atoms with Crippen molar-refractivity contribution in [3.8, 4) is 5.75 Å². The summed E-state index contributed by atoms with van der Waals surface area (Å²) in [4.78, 5) is 23.7. The molecule has 2 N–H and O–H groups in total. The van der Waals surface area contributed by atoms with Crippen LogP contribution in [0.1, 0.15) is 70.4 Å². The maximum absolute atomic E-state index is 11.9. The van der Waals surface area contributed by atoms with Gasteiger partial charge in [-0.25, -0.2) is 0 Å². The standard InChI is InChI=1S/C20H30O5/c1-6-25-14-7-8-15(17(19(21)22)9-12(2)3)16(11-14)18(20(23)24)10-13(4)5/h7-8,11-13,17-18H,6,9-10H2,1-5H3,(H,21,22)(H,23,24). The lowest BCUT2D eigenvalue weighted by molar-refractivity contribution is -0.140. The van der Waals surface area contributed by atoms with Crippen molar-refractivity contribution >= 4 is 11.9 Å². The van der Waals surface area contributed by atoms with Gasteiger partial charge in [0.1, 0.15) is 5.75 Å². The molecule has 0 fully saturated rings. The van der Waals surface area contributed by atoms with E-state index in [9.17, 15) is 19.8 Å². The minimum atomic E-state index is -0.933. The molecule has 0 heterocycles. The van der Waals surface area contributed by atoms with Crippen LogP contribution < -0.4 is 4.74 Å². The molecule has 1 aromatic carbocycles. The molecule has 2 atom stereocenters. The molecule has 0 saturated carbocycles. The van der Waals surface area contributed by atoms with Crippen LogP contribution in [0.3, 0.4) is 0 Å². The largest absolute Gasteiger partial charge is 0.494 e. The van der Waals surface area contributed by atoms with E-state index < -0.39 is 23.8 Å². The number of rotatable bonds is 10. The van der Waals surface area contributed by atoms with Gasteiger partial charge in [-0.1, -0.05) is 33.8 Å². The fourth-order valence-electron chi connectivity index (χ4n) is 3.09. The lowest BCUT2D eigenvalue weighted by Crippen LogP contribution is -2.21. The van der Waals surface area contributed by atoms with Crippen LogP contribution in [-0.2, 0) is 9.59 Å². The molecule has 0 aliphatic carbocycles. The summed E-state index contributed by atoms with van der Waals surface area (Å²) in [7, 11) is 0. The van der Waals surface area contributed by atoms with Crippen LogP contribution in [0.4, 0.5) is 0 Å². The van der Waals surface area contributed by atoms with Gasteiger partial charge in [0, 0.05) is 0 Å². The highest BCUT2D eigenvalue weighted by Gasteiger charge is 2.30. The van der Waals surface area contributed by atoms with E-state index >= 15 is 0 Å². The highest BCUT2D eigenvalue weighted by atomic mass is 16.5. The normalized spacial score (nSPS) is 13.7. The first-order valence-corrected chi connectivity index (χ1v) is 8.89. The second-order valence-corrected chi connectivity index (χ2v) is 7.26. The van der Waals surface area contributed by atoms with Crippen molar-refractivity contribution < 1.29 is 24.5 Å². The smallest absolute Gasteiger partial charge is 0.310 e. The van der Waals surface area contributed by atoms with Crippen molar-refractivity contribution in [3.63, 3.8) is 0 Å². The minimum absolute atomic E-state index is 0.179. The average molecular weight is 350 g/mol. The van der Waals surface area contributed by atoms with Gasteiger partial charge >= 0.3 is 11.9 Å². The van der Waals surface area contributed by atoms with E-state index in [1.54, 1.807) is 18.2 Å². The molecule has 5 nitrogen and oxygen atoms in total. The summed E-state index contributed by atoms with van der Waals surface area (Å²) in [6.07, 6.45) is 0.913. The van der Waals surface area contributed by atoms with E-state index in [-0.39, 0.29) is 11.8 Å². The molecule has 0 aromatic heterocycles. The molecule has 0 aliphatic rings. The van der Waals surface area contributed by atoms with Gasteiger partial charge in [-0.05, 0) is 54.9 Å². The second kappa shape index (κ2) is 9.44. The van der Waals surface area contributed by atoms with Gasteiger partial charge in [0.15, 0.2) is 0 Å². The number of ether oxygens (including phenoxy) is 1. The maximum atomic E-state index is 11.9. The Bertz CT molecular complexity index is 592. The third kappa shape index (κ3) is 6.07. The predicted molar refractivity (Wildman–Crippen MR) is 97.3 cm³/mol. The molecule has 0 amide bonds. The Hall–Kier alpha value is -2.04. The number of carboxylic acids is 2. The first kappa shape index (κ1) is 21.0. The zero-order valence-electron chi connectivity index (χ0n) is 15.8. The Morgan fingerprint density at radius 2 is 1.40 bits per heavy atom. The number of aliphatic carboxylic acids is 2. The van der Waals surface area contributed by atoms with E-state index in [0.717, 1.165) is 0 Å². The Balaban J connectivity index is 3.48. The predicted octanol–water partition coefficient (Wildman–Crippen LogP) is 4.51. The van der Waals surface area contributed by atoms with E-state index in [4.69, 9.17) is 4.74 Å². The van der Waals surface area contributed by atoms with Gasteiger partial charge in [0.05, 0.1) is 18.4 Å². The van der Waals surface area contributed by atoms with Crippen molar-refractivity contribution in [1.29, 1.82) is 0 Å². The summed E-state index contributed by atoms with van der Waals surface area (Å²) in [6, 6.07) is 5.15. The first-order valence-electron chi connectivity index (χ1n) is 8.89. The van der Waals surface area contributed by atoms with Gasteiger partial charge in [0.25, 0.3) is 0 Å².